The molecule has 6 heteroatoms. The van der Waals surface area contributed by atoms with Crippen LogP contribution in [0.15, 0.2) is 48.5 Å². The summed E-state index contributed by atoms with van der Waals surface area (Å²) in [6.45, 7) is 0.992. The SMILES string of the molecule is COc1ccc(CC(=O)N2CC[C@](O)(c3ccccc3)[C@H](N(C)C)C2)cc1OC. The van der Waals surface area contributed by atoms with Crippen molar-refractivity contribution < 1.29 is 19.4 Å². The smallest absolute Gasteiger partial charge is 0.227 e. The summed E-state index contributed by atoms with van der Waals surface area (Å²) in [6.07, 6.45) is 0.780. The molecule has 1 saturated heterocycles. The van der Waals surface area contributed by atoms with Crippen LogP contribution in [0.25, 0.3) is 0 Å². The fourth-order valence-electron chi connectivity index (χ4n) is 4.08. The van der Waals surface area contributed by atoms with Crippen LogP contribution in [0.1, 0.15) is 17.5 Å². The molecular formula is C23H30N2O4. The third-order valence-electron chi connectivity index (χ3n) is 5.76. The molecule has 2 aromatic carbocycles. The van der Waals surface area contributed by atoms with Gasteiger partial charge in [-0.1, -0.05) is 36.4 Å². The minimum atomic E-state index is -0.981. The monoisotopic (exact) mass is 398 g/mol. The minimum absolute atomic E-state index is 0.0409. The minimum Gasteiger partial charge on any atom is -0.493 e. The molecule has 0 saturated carbocycles. The van der Waals surface area contributed by atoms with E-state index in [4.69, 9.17) is 9.47 Å². The van der Waals surface area contributed by atoms with E-state index in [2.05, 4.69) is 0 Å². The van der Waals surface area contributed by atoms with Gasteiger partial charge in [0.1, 0.15) is 5.60 Å². The van der Waals surface area contributed by atoms with Gasteiger partial charge in [0.15, 0.2) is 11.5 Å². The maximum Gasteiger partial charge on any atom is 0.227 e. The Morgan fingerprint density at radius 2 is 1.83 bits per heavy atom. The van der Waals surface area contributed by atoms with Gasteiger partial charge >= 0.3 is 0 Å². The van der Waals surface area contributed by atoms with Crippen molar-refractivity contribution in [2.24, 2.45) is 0 Å². The molecule has 1 N–H and O–H groups in total. The van der Waals surface area contributed by atoms with Gasteiger partial charge in [-0.3, -0.25) is 4.79 Å². The number of benzene rings is 2. The predicted molar refractivity (Wildman–Crippen MR) is 112 cm³/mol. The van der Waals surface area contributed by atoms with Gasteiger partial charge in [0, 0.05) is 13.1 Å². The molecule has 0 unspecified atom stereocenters. The molecular weight excluding hydrogens is 368 g/mol. The second-order valence-corrected chi connectivity index (χ2v) is 7.73. The van der Waals surface area contributed by atoms with Gasteiger partial charge in [-0.2, -0.15) is 0 Å². The van der Waals surface area contributed by atoms with Crippen LogP contribution in [-0.4, -0.2) is 68.3 Å². The Hall–Kier alpha value is -2.57. The molecule has 1 heterocycles. The van der Waals surface area contributed by atoms with E-state index in [-0.39, 0.29) is 18.4 Å². The number of rotatable bonds is 6. The van der Waals surface area contributed by atoms with E-state index in [0.717, 1.165) is 11.1 Å². The number of methoxy groups -OCH3 is 2. The maximum absolute atomic E-state index is 13.0. The number of ether oxygens (including phenoxy) is 2. The van der Waals surface area contributed by atoms with Gasteiger partial charge in [0.25, 0.3) is 0 Å². The number of likely N-dealkylation sites (tertiary alicyclic amines) is 1. The molecule has 0 radical (unpaired) electrons. The summed E-state index contributed by atoms with van der Waals surface area (Å²) < 4.78 is 10.6. The largest absolute Gasteiger partial charge is 0.493 e. The molecule has 1 aliphatic rings. The molecule has 0 spiro atoms. The second kappa shape index (κ2) is 8.84. The molecule has 29 heavy (non-hydrogen) atoms. The summed E-state index contributed by atoms with van der Waals surface area (Å²) in [5.74, 6) is 1.29. The van der Waals surface area contributed by atoms with Crippen LogP contribution in [-0.2, 0) is 16.8 Å². The normalized spacial score (nSPS) is 21.9. The number of nitrogens with zero attached hydrogens (tertiary/aromatic N) is 2. The predicted octanol–water partition coefficient (Wildman–Crippen LogP) is 2.30. The van der Waals surface area contributed by atoms with E-state index in [0.29, 0.717) is 31.0 Å². The molecule has 2 atom stereocenters. The molecule has 156 valence electrons. The lowest BCUT2D eigenvalue weighted by molar-refractivity contribution is -0.141. The number of hydrogen-bond donors (Lipinski definition) is 1. The van der Waals surface area contributed by atoms with E-state index in [1.165, 1.54) is 0 Å². The Morgan fingerprint density at radius 3 is 2.45 bits per heavy atom. The topological polar surface area (TPSA) is 62.2 Å². The highest BCUT2D eigenvalue weighted by molar-refractivity contribution is 5.79. The highest BCUT2D eigenvalue weighted by atomic mass is 16.5. The van der Waals surface area contributed by atoms with Crippen LogP contribution in [0.2, 0.25) is 0 Å². The first-order valence-corrected chi connectivity index (χ1v) is 9.82. The molecule has 0 aromatic heterocycles. The van der Waals surface area contributed by atoms with Gasteiger partial charge in [0.2, 0.25) is 5.91 Å². The molecule has 0 aliphatic carbocycles. The van der Waals surface area contributed by atoms with Crippen molar-refractivity contribution in [3.8, 4) is 11.5 Å². The zero-order chi connectivity index (χ0) is 21.0. The van der Waals surface area contributed by atoms with Gasteiger partial charge in [-0.05, 0) is 43.8 Å². The van der Waals surface area contributed by atoms with Crippen LogP contribution < -0.4 is 9.47 Å². The van der Waals surface area contributed by atoms with Crippen molar-refractivity contribution >= 4 is 5.91 Å². The van der Waals surface area contributed by atoms with Crippen molar-refractivity contribution in [2.45, 2.75) is 24.5 Å². The summed E-state index contributed by atoms with van der Waals surface area (Å²) in [6, 6.07) is 15.1. The van der Waals surface area contributed by atoms with Crippen LogP contribution >= 0.6 is 0 Å². The molecule has 1 aliphatic heterocycles. The maximum atomic E-state index is 13.0. The van der Waals surface area contributed by atoms with Gasteiger partial charge in [-0.15, -0.1) is 0 Å². The number of hydrogen-bond acceptors (Lipinski definition) is 5. The average Bonchev–Trinajstić information content (AvgIpc) is 2.74. The molecule has 1 amide bonds. The Bertz CT molecular complexity index is 840. The van der Waals surface area contributed by atoms with Crippen molar-refractivity contribution in [3.05, 3.63) is 59.7 Å². The van der Waals surface area contributed by atoms with Crippen molar-refractivity contribution in [1.29, 1.82) is 0 Å². The Balaban J connectivity index is 1.75. The van der Waals surface area contributed by atoms with E-state index in [9.17, 15) is 9.90 Å². The summed E-state index contributed by atoms with van der Waals surface area (Å²) in [4.78, 5) is 16.8. The lowest BCUT2D eigenvalue weighted by Crippen LogP contribution is -2.60. The van der Waals surface area contributed by atoms with E-state index in [1.807, 2.05) is 72.4 Å². The third-order valence-corrected chi connectivity index (χ3v) is 5.76. The van der Waals surface area contributed by atoms with Crippen molar-refractivity contribution in [3.63, 3.8) is 0 Å². The number of carbonyl (C=O) groups is 1. The first-order chi connectivity index (χ1) is 13.9. The summed E-state index contributed by atoms with van der Waals surface area (Å²) in [7, 11) is 7.06. The quantitative estimate of drug-likeness (QED) is 0.809. The summed E-state index contributed by atoms with van der Waals surface area (Å²) in [5, 5.41) is 11.5. The zero-order valence-electron chi connectivity index (χ0n) is 17.6. The van der Waals surface area contributed by atoms with Crippen LogP contribution in [0.5, 0.6) is 11.5 Å². The van der Waals surface area contributed by atoms with Crippen LogP contribution in [0, 0.1) is 0 Å². The standard InChI is InChI=1S/C23H30N2O4/c1-24(2)21-16-25(13-12-23(21,27)18-8-6-5-7-9-18)22(26)15-17-10-11-19(28-3)20(14-17)29-4/h5-11,14,21,27H,12-13,15-16H2,1-4H3/t21-,23+/m1/s1. The van der Waals surface area contributed by atoms with Crippen molar-refractivity contribution in [2.75, 3.05) is 41.4 Å². The molecule has 3 rings (SSSR count). The number of aliphatic hydroxyl groups is 1. The zero-order valence-corrected chi connectivity index (χ0v) is 17.6. The number of amides is 1. The number of piperidine rings is 1. The van der Waals surface area contributed by atoms with Crippen molar-refractivity contribution in [1.82, 2.24) is 9.80 Å². The third kappa shape index (κ3) is 4.38. The number of carbonyl (C=O) groups excluding carboxylic acids is 1. The first kappa shape index (κ1) is 21.1. The molecule has 1 fully saturated rings. The first-order valence-electron chi connectivity index (χ1n) is 9.82. The lowest BCUT2D eigenvalue weighted by Gasteiger charge is -2.47. The summed E-state index contributed by atoms with van der Waals surface area (Å²) >= 11 is 0. The van der Waals surface area contributed by atoms with E-state index in [1.54, 1.807) is 14.2 Å². The number of likely N-dealkylation sites (N-methyl/N-ethyl adjacent to an activating group) is 1. The Kier molecular flexibility index (Phi) is 6.45. The second-order valence-electron chi connectivity index (χ2n) is 7.73. The van der Waals surface area contributed by atoms with E-state index >= 15 is 0 Å². The fourth-order valence-corrected chi connectivity index (χ4v) is 4.08. The average molecular weight is 399 g/mol. The van der Waals surface area contributed by atoms with Gasteiger partial charge in [0.05, 0.1) is 26.7 Å². The van der Waals surface area contributed by atoms with Gasteiger partial charge < -0.3 is 24.4 Å². The lowest BCUT2D eigenvalue weighted by atomic mass is 9.79. The highest BCUT2D eigenvalue weighted by Crippen LogP contribution is 2.35. The molecule has 0 bridgehead atoms. The highest BCUT2D eigenvalue weighted by Gasteiger charge is 2.44. The Morgan fingerprint density at radius 1 is 1.14 bits per heavy atom. The fraction of sp³-hybridized carbons (Fsp3) is 0.435. The molecule has 6 nitrogen and oxygen atoms in total. The Labute approximate surface area is 172 Å². The van der Waals surface area contributed by atoms with E-state index < -0.39 is 5.60 Å². The molecule has 2 aromatic rings. The summed E-state index contributed by atoms with van der Waals surface area (Å²) in [5.41, 5.74) is 0.786. The van der Waals surface area contributed by atoms with Gasteiger partial charge in [-0.25, -0.2) is 0 Å². The van der Waals surface area contributed by atoms with Crippen LogP contribution in [0.3, 0.4) is 0 Å². The van der Waals surface area contributed by atoms with Crippen LogP contribution in [0.4, 0.5) is 0 Å².